The number of nitrogens with zero attached hydrogens (tertiary/aromatic N) is 3. The van der Waals surface area contributed by atoms with Crippen molar-refractivity contribution in [1.82, 2.24) is 9.97 Å². The Hall–Kier alpha value is -1.71. The summed E-state index contributed by atoms with van der Waals surface area (Å²) in [5.74, 6) is 0.702. The largest absolute Gasteiger partial charge is 0.340 e. The topological polar surface area (TPSA) is 46.1 Å². The van der Waals surface area contributed by atoms with E-state index in [4.69, 9.17) is 0 Å². The molecule has 15 heavy (non-hydrogen) atoms. The van der Waals surface area contributed by atoms with Gasteiger partial charge in [-0.1, -0.05) is 12.2 Å². The lowest BCUT2D eigenvalue weighted by Gasteiger charge is -2.27. The van der Waals surface area contributed by atoms with Gasteiger partial charge in [-0.3, -0.25) is 4.79 Å². The second-order valence-electron chi connectivity index (χ2n) is 3.67. The van der Waals surface area contributed by atoms with Crippen LogP contribution in [0.25, 0.3) is 0 Å². The molecule has 2 heterocycles. The zero-order valence-electron chi connectivity index (χ0n) is 8.52. The molecule has 1 aliphatic rings. The number of aldehydes is 1. The van der Waals surface area contributed by atoms with Gasteiger partial charge in [0, 0.05) is 25.5 Å². The van der Waals surface area contributed by atoms with E-state index >= 15 is 0 Å². The van der Waals surface area contributed by atoms with Crippen molar-refractivity contribution in [3.8, 4) is 0 Å². The van der Waals surface area contributed by atoms with Gasteiger partial charge in [0.05, 0.1) is 5.56 Å². The standard InChI is InChI=1S/C11H13N3O/c1-9-2-4-14(5-3-9)11-12-6-10(8-15)7-13-11/h6-8H,1-5H2. The SMILES string of the molecule is C=C1CCN(c2ncc(C=O)cn2)CC1. The highest BCUT2D eigenvalue weighted by Gasteiger charge is 2.14. The predicted octanol–water partition coefficient (Wildman–Crippen LogP) is 1.45. The van der Waals surface area contributed by atoms with Crippen molar-refractivity contribution in [3.05, 3.63) is 30.1 Å². The number of rotatable bonds is 2. The van der Waals surface area contributed by atoms with Crippen LogP contribution in [0.4, 0.5) is 5.95 Å². The Balaban J connectivity index is 2.09. The van der Waals surface area contributed by atoms with Gasteiger partial charge in [0.1, 0.15) is 0 Å². The van der Waals surface area contributed by atoms with E-state index in [1.54, 1.807) is 12.4 Å². The third kappa shape index (κ3) is 2.21. The lowest BCUT2D eigenvalue weighted by atomic mass is 10.1. The van der Waals surface area contributed by atoms with Crippen LogP contribution >= 0.6 is 0 Å². The summed E-state index contributed by atoms with van der Waals surface area (Å²) in [5, 5.41) is 0. The summed E-state index contributed by atoms with van der Waals surface area (Å²) in [5.41, 5.74) is 1.80. The van der Waals surface area contributed by atoms with Crippen LogP contribution in [-0.4, -0.2) is 29.3 Å². The van der Waals surface area contributed by atoms with E-state index in [2.05, 4.69) is 21.4 Å². The van der Waals surface area contributed by atoms with E-state index in [0.29, 0.717) is 11.5 Å². The smallest absolute Gasteiger partial charge is 0.225 e. The molecule has 0 unspecified atom stereocenters. The first-order valence-corrected chi connectivity index (χ1v) is 4.98. The molecule has 0 spiro atoms. The van der Waals surface area contributed by atoms with E-state index < -0.39 is 0 Å². The molecule has 1 aromatic rings. The van der Waals surface area contributed by atoms with Crippen molar-refractivity contribution in [2.24, 2.45) is 0 Å². The fourth-order valence-electron chi connectivity index (χ4n) is 1.58. The Morgan fingerprint density at radius 2 is 1.87 bits per heavy atom. The van der Waals surface area contributed by atoms with Gasteiger partial charge in [-0.25, -0.2) is 9.97 Å². The van der Waals surface area contributed by atoms with E-state index in [1.165, 1.54) is 5.57 Å². The molecule has 1 aliphatic heterocycles. The minimum absolute atomic E-state index is 0.514. The molecule has 0 amide bonds. The van der Waals surface area contributed by atoms with E-state index in [0.717, 1.165) is 32.2 Å². The molecule has 2 rings (SSSR count). The van der Waals surface area contributed by atoms with Crippen molar-refractivity contribution in [2.45, 2.75) is 12.8 Å². The minimum atomic E-state index is 0.514. The number of carbonyl (C=O) groups excluding carboxylic acids is 1. The van der Waals surface area contributed by atoms with E-state index in [1.807, 2.05) is 0 Å². The summed E-state index contributed by atoms with van der Waals surface area (Å²) in [7, 11) is 0. The lowest BCUT2D eigenvalue weighted by molar-refractivity contribution is 0.112. The molecular formula is C11H13N3O. The van der Waals surface area contributed by atoms with Crippen LogP contribution in [-0.2, 0) is 0 Å². The van der Waals surface area contributed by atoms with Crippen molar-refractivity contribution in [3.63, 3.8) is 0 Å². The summed E-state index contributed by atoms with van der Waals surface area (Å²) < 4.78 is 0. The van der Waals surface area contributed by atoms with Crippen LogP contribution < -0.4 is 4.90 Å². The first-order valence-electron chi connectivity index (χ1n) is 4.98. The number of hydrogen-bond donors (Lipinski definition) is 0. The first-order chi connectivity index (χ1) is 7.29. The molecule has 0 bridgehead atoms. The second-order valence-corrected chi connectivity index (χ2v) is 3.67. The molecule has 0 atom stereocenters. The molecule has 0 aromatic carbocycles. The molecule has 0 saturated carbocycles. The van der Waals surface area contributed by atoms with Gasteiger partial charge in [0.15, 0.2) is 6.29 Å². The molecule has 4 heteroatoms. The van der Waals surface area contributed by atoms with E-state index in [-0.39, 0.29) is 0 Å². The molecular weight excluding hydrogens is 190 g/mol. The normalized spacial score (nSPS) is 16.5. The van der Waals surface area contributed by atoms with Gasteiger partial charge in [0.25, 0.3) is 0 Å². The quantitative estimate of drug-likeness (QED) is 0.539. The molecule has 1 saturated heterocycles. The van der Waals surface area contributed by atoms with Crippen LogP contribution in [0.3, 0.4) is 0 Å². The Morgan fingerprint density at radius 3 is 2.40 bits per heavy atom. The van der Waals surface area contributed by atoms with Crippen molar-refractivity contribution in [1.29, 1.82) is 0 Å². The molecule has 1 fully saturated rings. The van der Waals surface area contributed by atoms with Crippen LogP contribution in [0.5, 0.6) is 0 Å². The number of hydrogen-bond acceptors (Lipinski definition) is 4. The van der Waals surface area contributed by atoms with Gasteiger partial charge in [0.2, 0.25) is 5.95 Å². The molecule has 0 N–H and O–H groups in total. The Bertz CT molecular complexity index is 362. The average molecular weight is 203 g/mol. The van der Waals surface area contributed by atoms with Gasteiger partial charge in [-0.15, -0.1) is 0 Å². The van der Waals surface area contributed by atoms with E-state index in [9.17, 15) is 4.79 Å². The fraction of sp³-hybridized carbons (Fsp3) is 0.364. The van der Waals surface area contributed by atoms with Crippen molar-refractivity contribution < 1.29 is 4.79 Å². The summed E-state index contributed by atoms with van der Waals surface area (Å²) in [6, 6.07) is 0. The highest BCUT2D eigenvalue weighted by Crippen LogP contribution is 2.17. The summed E-state index contributed by atoms with van der Waals surface area (Å²) in [6.45, 7) is 5.79. The molecule has 0 aliphatic carbocycles. The highest BCUT2D eigenvalue weighted by molar-refractivity contribution is 5.73. The Kier molecular flexibility index (Phi) is 2.76. The Morgan fingerprint density at radius 1 is 1.27 bits per heavy atom. The molecule has 78 valence electrons. The lowest BCUT2D eigenvalue weighted by Crippen LogP contribution is -2.31. The van der Waals surface area contributed by atoms with Gasteiger partial charge in [-0.05, 0) is 12.8 Å². The monoisotopic (exact) mass is 203 g/mol. The third-order valence-electron chi connectivity index (χ3n) is 2.55. The Labute approximate surface area is 88.7 Å². The second kappa shape index (κ2) is 4.21. The van der Waals surface area contributed by atoms with Crippen LogP contribution in [0.15, 0.2) is 24.5 Å². The third-order valence-corrected chi connectivity index (χ3v) is 2.55. The van der Waals surface area contributed by atoms with Gasteiger partial charge >= 0.3 is 0 Å². The van der Waals surface area contributed by atoms with Crippen molar-refractivity contribution in [2.75, 3.05) is 18.0 Å². The van der Waals surface area contributed by atoms with Gasteiger partial charge in [-0.2, -0.15) is 0 Å². The first kappa shape index (κ1) is 9.83. The average Bonchev–Trinajstić information content (AvgIpc) is 2.30. The summed E-state index contributed by atoms with van der Waals surface area (Å²) >= 11 is 0. The van der Waals surface area contributed by atoms with Crippen LogP contribution in [0, 0.1) is 0 Å². The minimum Gasteiger partial charge on any atom is -0.340 e. The number of aromatic nitrogens is 2. The van der Waals surface area contributed by atoms with Crippen LogP contribution in [0.1, 0.15) is 23.2 Å². The zero-order valence-corrected chi connectivity index (χ0v) is 8.52. The van der Waals surface area contributed by atoms with Gasteiger partial charge < -0.3 is 4.90 Å². The number of piperidine rings is 1. The molecule has 4 nitrogen and oxygen atoms in total. The van der Waals surface area contributed by atoms with Crippen LogP contribution in [0.2, 0.25) is 0 Å². The summed E-state index contributed by atoms with van der Waals surface area (Å²) in [4.78, 5) is 20.9. The zero-order chi connectivity index (χ0) is 10.7. The predicted molar refractivity (Wildman–Crippen MR) is 58.0 cm³/mol. The maximum Gasteiger partial charge on any atom is 0.225 e. The molecule has 1 aromatic heterocycles. The summed E-state index contributed by atoms with van der Waals surface area (Å²) in [6.07, 6.45) is 5.86. The number of carbonyl (C=O) groups is 1. The number of anilines is 1. The van der Waals surface area contributed by atoms with Crippen molar-refractivity contribution >= 4 is 12.2 Å². The molecule has 0 radical (unpaired) electrons. The maximum atomic E-state index is 10.4. The fourth-order valence-corrected chi connectivity index (χ4v) is 1.58. The highest BCUT2D eigenvalue weighted by atomic mass is 16.1. The maximum absolute atomic E-state index is 10.4.